The summed E-state index contributed by atoms with van der Waals surface area (Å²) in [7, 11) is 0. The minimum Gasteiger partial charge on any atom is -0.352 e. The highest BCUT2D eigenvalue weighted by molar-refractivity contribution is 5.97. The van der Waals surface area contributed by atoms with Crippen LogP contribution >= 0.6 is 0 Å². The first-order valence-electron chi connectivity index (χ1n) is 8.40. The van der Waals surface area contributed by atoms with Gasteiger partial charge < -0.3 is 19.9 Å². The van der Waals surface area contributed by atoms with Gasteiger partial charge in [0.15, 0.2) is 0 Å². The number of piperazine rings is 1. The second-order valence-corrected chi connectivity index (χ2v) is 6.52. The predicted octanol–water partition coefficient (Wildman–Crippen LogP) is 0.335. The highest BCUT2D eigenvalue weighted by Crippen LogP contribution is 2.20. The molecule has 4 rings (SSSR count). The van der Waals surface area contributed by atoms with E-state index in [2.05, 4.69) is 15.6 Å². The number of carbonyl (C=O) groups excluding carboxylic acids is 2. The molecule has 2 fully saturated rings. The lowest BCUT2D eigenvalue weighted by atomic mass is 10.1. The summed E-state index contributed by atoms with van der Waals surface area (Å²) < 4.78 is 1.90. The van der Waals surface area contributed by atoms with Gasteiger partial charge in [0.1, 0.15) is 17.4 Å². The smallest absolute Gasteiger partial charge is 0.274 e. The molecule has 2 aromatic heterocycles. The van der Waals surface area contributed by atoms with Gasteiger partial charge in [-0.15, -0.1) is 0 Å². The molecule has 7 heteroatoms. The van der Waals surface area contributed by atoms with E-state index in [1.54, 1.807) is 11.1 Å². The Bertz CT molecular complexity index is 795. The van der Waals surface area contributed by atoms with Crippen LogP contribution in [0.25, 0.3) is 5.65 Å². The maximum atomic E-state index is 12.9. The van der Waals surface area contributed by atoms with Gasteiger partial charge in [-0.25, -0.2) is 4.98 Å². The monoisotopic (exact) mass is 327 g/mol. The lowest BCUT2D eigenvalue weighted by Crippen LogP contribution is -2.59. The number of aryl methyl sites for hydroxylation is 1. The van der Waals surface area contributed by atoms with Crippen LogP contribution in [0.4, 0.5) is 0 Å². The number of hydrogen-bond donors (Lipinski definition) is 2. The molecule has 0 spiro atoms. The molecule has 3 heterocycles. The third kappa shape index (κ3) is 2.75. The fourth-order valence-corrected chi connectivity index (χ4v) is 3.11. The van der Waals surface area contributed by atoms with Crippen LogP contribution < -0.4 is 10.6 Å². The number of aromatic nitrogens is 2. The average Bonchev–Trinajstić information content (AvgIpc) is 3.29. The Labute approximate surface area is 140 Å². The molecule has 2 amide bonds. The van der Waals surface area contributed by atoms with Gasteiger partial charge in [0, 0.05) is 37.6 Å². The molecule has 7 nitrogen and oxygen atoms in total. The van der Waals surface area contributed by atoms with Crippen molar-refractivity contribution in [1.82, 2.24) is 24.9 Å². The molecule has 1 atom stereocenters. The zero-order valence-electron chi connectivity index (χ0n) is 13.7. The highest BCUT2D eigenvalue weighted by Gasteiger charge is 2.36. The Morgan fingerprint density at radius 3 is 2.92 bits per heavy atom. The van der Waals surface area contributed by atoms with Crippen molar-refractivity contribution in [3.63, 3.8) is 0 Å². The van der Waals surface area contributed by atoms with E-state index in [0.717, 1.165) is 24.2 Å². The summed E-state index contributed by atoms with van der Waals surface area (Å²) >= 11 is 0. The third-order valence-electron chi connectivity index (χ3n) is 4.65. The van der Waals surface area contributed by atoms with E-state index in [-0.39, 0.29) is 17.9 Å². The number of imidazole rings is 1. The van der Waals surface area contributed by atoms with Crippen molar-refractivity contribution in [2.45, 2.75) is 31.8 Å². The molecule has 1 aliphatic heterocycles. The molecule has 2 N–H and O–H groups in total. The van der Waals surface area contributed by atoms with Gasteiger partial charge in [-0.3, -0.25) is 9.59 Å². The standard InChI is InChI=1S/C17H21N5O2/c1-11-3-2-4-15-20-13(10-22(11)15)17(24)21-8-7-18-9-14(21)16(23)19-12-5-6-12/h2-4,10,12,14,18H,5-9H2,1H3,(H,19,23)/t14-/m0/s1. The van der Waals surface area contributed by atoms with Gasteiger partial charge in [-0.1, -0.05) is 6.07 Å². The predicted molar refractivity (Wildman–Crippen MR) is 88.8 cm³/mol. The summed E-state index contributed by atoms with van der Waals surface area (Å²) in [6, 6.07) is 5.58. The second kappa shape index (κ2) is 5.90. The maximum Gasteiger partial charge on any atom is 0.274 e. The fourth-order valence-electron chi connectivity index (χ4n) is 3.11. The molecule has 0 aromatic carbocycles. The van der Waals surface area contributed by atoms with Gasteiger partial charge in [0.2, 0.25) is 5.91 Å². The molecule has 126 valence electrons. The Hall–Kier alpha value is -2.41. The van der Waals surface area contributed by atoms with Crippen molar-refractivity contribution in [3.05, 3.63) is 35.8 Å². The largest absolute Gasteiger partial charge is 0.352 e. The van der Waals surface area contributed by atoms with Crippen molar-refractivity contribution >= 4 is 17.5 Å². The number of nitrogens with zero attached hydrogens (tertiary/aromatic N) is 3. The van der Waals surface area contributed by atoms with E-state index in [1.807, 2.05) is 29.5 Å². The molecule has 1 saturated carbocycles. The molecular formula is C17H21N5O2. The number of nitrogens with one attached hydrogen (secondary N) is 2. The SMILES string of the molecule is Cc1cccc2nc(C(=O)N3CCNC[C@H]3C(=O)NC3CC3)cn12. The Morgan fingerprint density at radius 1 is 1.33 bits per heavy atom. The van der Waals surface area contributed by atoms with Gasteiger partial charge in [-0.05, 0) is 31.9 Å². The quantitative estimate of drug-likeness (QED) is 0.852. The van der Waals surface area contributed by atoms with E-state index in [1.165, 1.54) is 0 Å². The van der Waals surface area contributed by atoms with Crippen LogP contribution in [0.5, 0.6) is 0 Å². The van der Waals surface area contributed by atoms with Crippen molar-refractivity contribution in [2.75, 3.05) is 19.6 Å². The number of amides is 2. The molecule has 1 aliphatic carbocycles. The van der Waals surface area contributed by atoms with E-state index >= 15 is 0 Å². The lowest BCUT2D eigenvalue weighted by molar-refractivity contribution is -0.126. The number of carbonyl (C=O) groups is 2. The Morgan fingerprint density at radius 2 is 2.17 bits per heavy atom. The van der Waals surface area contributed by atoms with E-state index < -0.39 is 6.04 Å². The normalized spacial score (nSPS) is 21.0. The van der Waals surface area contributed by atoms with Crippen LogP contribution in [0.2, 0.25) is 0 Å². The fraction of sp³-hybridized carbons (Fsp3) is 0.471. The lowest BCUT2D eigenvalue weighted by Gasteiger charge is -2.34. The minimum absolute atomic E-state index is 0.0713. The first-order valence-corrected chi connectivity index (χ1v) is 8.40. The number of pyridine rings is 1. The van der Waals surface area contributed by atoms with Crippen LogP contribution in [-0.2, 0) is 4.79 Å². The second-order valence-electron chi connectivity index (χ2n) is 6.52. The molecule has 0 bridgehead atoms. The average molecular weight is 327 g/mol. The number of hydrogen-bond acceptors (Lipinski definition) is 4. The van der Waals surface area contributed by atoms with Crippen molar-refractivity contribution < 1.29 is 9.59 Å². The summed E-state index contributed by atoms with van der Waals surface area (Å²) in [5, 5.41) is 6.20. The van der Waals surface area contributed by atoms with E-state index in [4.69, 9.17) is 0 Å². The maximum absolute atomic E-state index is 12.9. The first-order chi connectivity index (χ1) is 11.6. The van der Waals surface area contributed by atoms with Crippen molar-refractivity contribution in [2.24, 2.45) is 0 Å². The zero-order valence-corrected chi connectivity index (χ0v) is 13.7. The summed E-state index contributed by atoms with van der Waals surface area (Å²) in [4.78, 5) is 31.5. The van der Waals surface area contributed by atoms with Gasteiger partial charge in [0.05, 0.1) is 0 Å². The summed E-state index contributed by atoms with van der Waals surface area (Å²) in [5.41, 5.74) is 2.14. The van der Waals surface area contributed by atoms with Gasteiger partial charge >= 0.3 is 0 Å². The van der Waals surface area contributed by atoms with Crippen LogP contribution in [0.15, 0.2) is 24.4 Å². The first kappa shape index (κ1) is 15.1. The van der Waals surface area contributed by atoms with Crippen LogP contribution in [0, 0.1) is 6.92 Å². The zero-order chi connectivity index (χ0) is 16.7. The highest BCUT2D eigenvalue weighted by atomic mass is 16.2. The molecular weight excluding hydrogens is 306 g/mol. The van der Waals surface area contributed by atoms with Crippen molar-refractivity contribution in [3.8, 4) is 0 Å². The van der Waals surface area contributed by atoms with E-state index in [9.17, 15) is 9.59 Å². The molecule has 0 radical (unpaired) electrons. The van der Waals surface area contributed by atoms with Crippen LogP contribution in [0.1, 0.15) is 29.0 Å². The topological polar surface area (TPSA) is 78.7 Å². The number of rotatable bonds is 3. The summed E-state index contributed by atoms with van der Waals surface area (Å²) in [6.45, 7) is 3.65. The minimum atomic E-state index is -0.474. The molecule has 2 aromatic rings. The Balaban J connectivity index is 1.59. The van der Waals surface area contributed by atoms with Gasteiger partial charge in [-0.2, -0.15) is 0 Å². The third-order valence-corrected chi connectivity index (χ3v) is 4.65. The van der Waals surface area contributed by atoms with Crippen LogP contribution in [-0.4, -0.2) is 57.8 Å². The van der Waals surface area contributed by atoms with Gasteiger partial charge in [0.25, 0.3) is 5.91 Å². The van der Waals surface area contributed by atoms with E-state index in [0.29, 0.717) is 25.3 Å². The molecule has 2 aliphatic rings. The summed E-state index contributed by atoms with van der Waals surface area (Å²) in [6.07, 6.45) is 3.82. The number of fused-ring (bicyclic) bond motifs is 1. The molecule has 1 saturated heterocycles. The van der Waals surface area contributed by atoms with Crippen molar-refractivity contribution in [1.29, 1.82) is 0 Å². The van der Waals surface area contributed by atoms with Crippen LogP contribution in [0.3, 0.4) is 0 Å². The Kier molecular flexibility index (Phi) is 3.72. The molecule has 24 heavy (non-hydrogen) atoms. The molecule has 0 unspecified atom stereocenters. The summed E-state index contributed by atoms with van der Waals surface area (Å²) in [5.74, 6) is -0.256.